The number of phosphoric ester groups is 1. The average Bonchev–Trinajstić information content (AvgIpc) is 3.39. The number of hydrogen-bond acceptors (Lipinski definition) is 6. The summed E-state index contributed by atoms with van der Waals surface area (Å²) in [5.74, 6) is -0.504. The topological polar surface area (TPSA) is 111 Å². The molecule has 9 nitrogen and oxygen atoms in total. The molecule has 2 N–H and O–H groups in total. The Morgan fingerprint density at radius 3 is 1.21 bits per heavy atom. The number of rotatable bonds is 60. The Hall–Kier alpha value is -2.03. The van der Waals surface area contributed by atoms with Crippen LogP contribution in [0.1, 0.15) is 316 Å². The summed E-state index contributed by atoms with van der Waals surface area (Å²) in [5.41, 5.74) is 0. The van der Waals surface area contributed by atoms with Gasteiger partial charge in [0.05, 0.1) is 33.8 Å². The molecule has 0 aliphatic heterocycles. The van der Waals surface area contributed by atoms with Gasteiger partial charge >= 0.3 is 13.8 Å². The van der Waals surface area contributed by atoms with Gasteiger partial charge in [0.15, 0.2) is 0 Å². The SMILES string of the molecule is CCCCC/C=C\C/C=C\CCCCCCCCCC(=O)NC(COP(=O)(O)OCC[N+](C)(C)C)C(/C=C/CCCCCCCCCCCCC)OC(=O)CCCCCCCCCCCCC/C=C/CCCCCCCC. The second-order valence-electron chi connectivity index (χ2n) is 23.6. The molecule has 3 unspecified atom stereocenters. The predicted molar refractivity (Wildman–Crippen MR) is 332 cm³/mol. The molecule has 3 atom stereocenters. The molecule has 452 valence electrons. The lowest BCUT2D eigenvalue weighted by atomic mass is 10.0. The number of quaternary nitrogens is 1. The summed E-state index contributed by atoms with van der Waals surface area (Å²) >= 11 is 0. The van der Waals surface area contributed by atoms with Crippen molar-refractivity contribution < 1.29 is 37.3 Å². The zero-order chi connectivity index (χ0) is 56.4. The van der Waals surface area contributed by atoms with E-state index < -0.39 is 20.0 Å². The molecular weight excluding hydrogens is 976 g/mol. The van der Waals surface area contributed by atoms with Gasteiger partial charge < -0.3 is 19.4 Å². The summed E-state index contributed by atoms with van der Waals surface area (Å²) in [4.78, 5) is 37.8. The summed E-state index contributed by atoms with van der Waals surface area (Å²) in [6.45, 7) is 7.01. The lowest BCUT2D eigenvalue weighted by Crippen LogP contribution is -2.47. The van der Waals surface area contributed by atoms with E-state index in [0.717, 1.165) is 77.0 Å². The number of allylic oxidation sites excluding steroid dienone is 7. The minimum atomic E-state index is -4.45. The van der Waals surface area contributed by atoms with Gasteiger partial charge in [0.25, 0.3) is 0 Å². The molecule has 0 bridgehead atoms. The molecule has 0 aliphatic carbocycles. The van der Waals surface area contributed by atoms with Gasteiger partial charge in [-0.15, -0.1) is 0 Å². The number of esters is 1. The van der Waals surface area contributed by atoms with E-state index in [4.69, 9.17) is 13.8 Å². The van der Waals surface area contributed by atoms with Crippen molar-refractivity contribution in [2.75, 3.05) is 40.9 Å². The van der Waals surface area contributed by atoms with Gasteiger partial charge in [-0.2, -0.15) is 0 Å². The van der Waals surface area contributed by atoms with Crippen molar-refractivity contribution in [1.29, 1.82) is 0 Å². The molecule has 0 radical (unpaired) electrons. The molecule has 0 spiro atoms. The number of likely N-dealkylation sites (N-methyl/N-ethyl adjacent to an activating group) is 1. The lowest BCUT2D eigenvalue weighted by molar-refractivity contribution is -0.870. The van der Waals surface area contributed by atoms with Crippen molar-refractivity contribution in [2.45, 2.75) is 328 Å². The van der Waals surface area contributed by atoms with Crippen LogP contribution in [-0.4, -0.2) is 74.3 Å². The Labute approximate surface area is 478 Å². The highest BCUT2D eigenvalue weighted by molar-refractivity contribution is 7.47. The number of nitrogens with one attached hydrogen (secondary N) is 1. The maximum Gasteiger partial charge on any atom is 0.472 e. The maximum atomic E-state index is 13.6. The first-order valence-corrected chi connectivity index (χ1v) is 34.5. The number of nitrogens with zero attached hydrogens (tertiary/aromatic N) is 1. The minimum Gasteiger partial charge on any atom is -0.456 e. The van der Waals surface area contributed by atoms with Gasteiger partial charge in [0, 0.05) is 12.8 Å². The van der Waals surface area contributed by atoms with Crippen molar-refractivity contribution in [3.05, 3.63) is 48.6 Å². The third-order valence-corrected chi connectivity index (χ3v) is 15.7. The summed E-state index contributed by atoms with van der Waals surface area (Å²) < 4.78 is 30.8. The van der Waals surface area contributed by atoms with Crippen LogP contribution >= 0.6 is 7.82 Å². The highest BCUT2D eigenvalue weighted by Gasteiger charge is 2.30. The molecule has 0 aromatic rings. The van der Waals surface area contributed by atoms with E-state index in [1.807, 2.05) is 33.3 Å². The predicted octanol–water partition coefficient (Wildman–Crippen LogP) is 20.5. The molecule has 0 aromatic carbocycles. The Morgan fingerprint density at radius 2 is 0.792 bits per heavy atom. The number of unbranched alkanes of at least 4 members (excludes halogenated alkanes) is 38. The Kier molecular flexibility index (Phi) is 55.7. The first kappa shape index (κ1) is 75.0. The molecule has 0 heterocycles. The van der Waals surface area contributed by atoms with Gasteiger partial charge in [-0.25, -0.2) is 4.57 Å². The molecule has 0 fully saturated rings. The molecule has 0 rings (SSSR count). The second-order valence-corrected chi connectivity index (χ2v) is 25.1. The van der Waals surface area contributed by atoms with E-state index in [2.05, 4.69) is 62.5 Å². The number of phosphoric acid groups is 1. The molecule has 0 saturated heterocycles. The largest absolute Gasteiger partial charge is 0.472 e. The number of carbonyl (C=O) groups is 2. The highest BCUT2D eigenvalue weighted by Crippen LogP contribution is 2.43. The Bertz CT molecular complexity index is 1460. The number of amides is 1. The number of hydrogen-bond donors (Lipinski definition) is 2. The first-order chi connectivity index (χ1) is 37.4. The fourth-order valence-corrected chi connectivity index (χ4v) is 10.3. The van der Waals surface area contributed by atoms with Gasteiger partial charge in [0.1, 0.15) is 19.3 Å². The normalized spacial score (nSPS) is 13.9. The van der Waals surface area contributed by atoms with E-state index in [-0.39, 0.29) is 25.1 Å². The quantitative estimate of drug-likeness (QED) is 0.0205. The van der Waals surface area contributed by atoms with Crippen LogP contribution < -0.4 is 5.32 Å². The van der Waals surface area contributed by atoms with Crippen LogP contribution in [0, 0.1) is 0 Å². The third kappa shape index (κ3) is 58.4. The Morgan fingerprint density at radius 1 is 0.455 bits per heavy atom. The lowest BCUT2D eigenvalue weighted by Gasteiger charge is -2.27. The summed E-state index contributed by atoms with van der Waals surface area (Å²) in [5, 5.41) is 3.06. The van der Waals surface area contributed by atoms with Crippen LogP contribution in [0.5, 0.6) is 0 Å². The van der Waals surface area contributed by atoms with Crippen molar-refractivity contribution in [2.24, 2.45) is 0 Å². The van der Waals surface area contributed by atoms with E-state index in [1.54, 1.807) is 0 Å². The van der Waals surface area contributed by atoms with Crippen molar-refractivity contribution in [3.8, 4) is 0 Å². The summed E-state index contributed by atoms with van der Waals surface area (Å²) in [7, 11) is 1.50. The monoisotopic (exact) mass is 1100 g/mol. The van der Waals surface area contributed by atoms with Gasteiger partial charge in [-0.1, -0.05) is 262 Å². The average molecular weight is 1100 g/mol. The van der Waals surface area contributed by atoms with Crippen LogP contribution in [0.2, 0.25) is 0 Å². The molecule has 1 amide bonds. The van der Waals surface area contributed by atoms with Crippen LogP contribution in [0.15, 0.2) is 48.6 Å². The second kappa shape index (κ2) is 57.2. The Balaban J connectivity index is 5.21. The summed E-state index contributed by atoms with van der Waals surface area (Å²) in [6.07, 6.45) is 71.0. The molecule has 0 saturated carbocycles. The van der Waals surface area contributed by atoms with E-state index >= 15 is 0 Å². The van der Waals surface area contributed by atoms with Crippen molar-refractivity contribution in [3.63, 3.8) is 0 Å². The van der Waals surface area contributed by atoms with Crippen LogP contribution in [-0.2, 0) is 27.9 Å². The molecule has 77 heavy (non-hydrogen) atoms. The molecule has 10 heteroatoms. The van der Waals surface area contributed by atoms with Crippen molar-refractivity contribution in [1.82, 2.24) is 5.32 Å². The van der Waals surface area contributed by atoms with Gasteiger partial charge in [-0.05, 0) is 89.5 Å². The maximum absolute atomic E-state index is 13.6. The van der Waals surface area contributed by atoms with Crippen LogP contribution in [0.25, 0.3) is 0 Å². The zero-order valence-corrected chi connectivity index (χ0v) is 52.6. The standard InChI is InChI=1S/C67H127N2O7P/c1-7-10-13-16-19-22-25-28-30-32-33-34-35-37-39-42-45-48-51-54-57-60-67(71)76-65(58-55-52-49-46-43-40-27-24-21-18-15-12-9-3)64(63-75-77(72,73)74-62-61-69(4,5)6)68-66(70)59-56-53-50-47-44-41-38-36-31-29-26-23-20-17-14-11-8-2/h20,23,28-31,55,58,64-65H,7-19,21-22,24-27,32-54,56-57,59-63H2,1-6H3,(H-,68,70,72,73)/p+1/b23-20-,30-28+,31-29-,58-55+. The highest BCUT2D eigenvalue weighted by atomic mass is 31.2. The van der Waals surface area contributed by atoms with E-state index in [9.17, 15) is 19.0 Å². The minimum absolute atomic E-state index is 0.0391. The fraction of sp³-hybridized carbons (Fsp3) is 0.851. The number of carbonyl (C=O) groups excluding carboxylic acids is 2. The summed E-state index contributed by atoms with van der Waals surface area (Å²) in [6, 6.07) is -0.852. The van der Waals surface area contributed by atoms with Crippen molar-refractivity contribution >= 4 is 19.7 Å². The van der Waals surface area contributed by atoms with Gasteiger partial charge in [-0.3, -0.25) is 18.6 Å². The van der Waals surface area contributed by atoms with Crippen LogP contribution in [0.4, 0.5) is 0 Å². The molecule has 0 aromatic heterocycles. The molecule has 0 aliphatic rings. The molecular formula is C67H128N2O7P+. The smallest absolute Gasteiger partial charge is 0.456 e. The first-order valence-electron chi connectivity index (χ1n) is 33.0. The fourth-order valence-electron chi connectivity index (χ4n) is 9.61. The van der Waals surface area contributed by atoms with E-state index in [0.29, 0.717) is 23.9 Å². The third-order valence-electron chi connectivity index (χ3n) is 14.7. The van der Waals surface area contributed by atoms with Crippen LogP contribution in [0.3, 0.4) is 0 Å². The van der Waals surface area contributed by atoms with Gasteiger partial charge in [0.2, 0.25) is 5.91 Å². The number of ether oxygens (including phenoxy) is 1. The zero-order valence-electron chi connectivity index (χ0n) is 51.7. The van der Waals surface area contributed by atoms with E-state index in [1.165, 1.54) is 205 Å².